The molecule has 136 valence electrons. The summed E-state index contributed by atoms with van der Waals surface area (Å²) in [7, 11) is 0. The van der Waals surface area contributed by atoms with Gasteiger partial charge in [0.1, 0.15) is 17.5 Å². The third-order valence-electron chi connectivity index (χ3n) is 4.68. The Morgan fingerprint density at radius 1 is 1.28 bits per heavy atom. The zero-order valence-electron chi connectivity index (χ0n) is 15.0. The molecule has 2 aliphatic rings. The Bertz CT molecular complexity index is 684. The molecule has 3 rings (SSSR count). The first-order valence-electron chi connectivity index (χ1n) is 8.83. The lowest BCUT2D eigenvalue weighted by Crippen LogP contribution is -2.48. The van der Waals surface area contributed by atoms with Crippen molar-refractivity contribution in [2.24, 2.45) is 0 Å². The maximum Gasteiger partial charge on any atom is 0.410 e. The van der Waals surface area contributed by atoms with Crippen LogP contribution in [0.1, 0.15) is 57.2 Å². The van der Waals surface area contributed by atoms with Gasteiger partial charge in [0.05, 0.1) is 6.04 Å². The number of rotatable bonds is 2. The molecule has 1 N–H and O–H groups in total. The first kappa shape index (κ1) is 17.7. The second-order valence-electron chi connectivity index (χ2n) is 7.77. The largest absolute Gasteiger partial charge is 0.444 e. The monoisotopic (exact) mass is 348 g/mol. The number of aryl methyl sites for hydroxylation is 1. The first-order chi connectivity index (χ1) is 11.7. The highest BCUT2D eigenvalue weighted by molar-refractivity contribution is 5.86. The smallest absolute Gasteiger partial charge is 0.410 e. The number of carbonyl (C=O) groups is 2. The fraction of sp³-hybridized carbons (Fsp3) is 0.579. The molecule has 2 amide bonds. The van der Waals surface area contributed by atoms with Crippen molar-refractivity contribution >= 4 is 12.0 Å². The van der Waals surface area contributed by atoms with Crippen LogP contribution >= 0.6 is 0 Å². The minimum absolute atomic E-state index is 0.121. The Labute approximate surface area is 147 Å². The van der Waals surface area contributed by atoms with Crippen molar-refractivity contribution < 1.29 is 18.7 Å². The molecule has 1 aromatic rings. The van der Waals surface area contributed by atoms with Gasteiger partial charge in [0, 0.05) is 6.54 Å². The Balaban J connectivity index is 1.66. The van der Waals surface area contributed by atoms with E-state index in [-0.39, 0.29) is 17.8 Å². The summed E-state index contributed by atoms with van der Waals surface area (Å²) in [5, 5.41) is 3.03. The van der Waals surface area contributed by atoms with E-state index in [1.807, 2.05) is 20.8 Å². The van der Waals surface area contributed by atoms with Gasteiger partial charge < -0.3 is 10.1 Å². The maximum absolute atomic E-state index is 13.3. The molecule has 1 fully saturated rings. The topological polar surface area (TPSA) is 58.6 Å². The van der Waals surface area contributed by atoms with Crippen LogP contribution in [0.4, 0.5) is 9.18 Å². The van der Waals surface area contributed by atoms with E-state index < -0.39 is 17.7 Å². The molecule has 0 aromatic heterocycles. The van der Waals surface area contributed by atoms with Crippen LogP contribution in [0.3, 0.4) is 0 Å². The van der Waals surface area contributed by atoms with Crippen molar-refractivity contribution in [1.29, 1.82) is 0 Å². The molecular formula is C19H25FN2O3. The SMILES string of the molecule is CC(C)(C)OC(=O)N1CCCC1C(=O)NC1CCc2cc(F)ccc21. The zero-order valence-corrected chi connectivity index (χ0v) is 15.0. The van der Waals surface area contributed by atoms with Crippen molar-refractivity contribution in [3.63, 3.8) is 0 Å². The second kappa shape index (κ2) is 6.65. The van der Waals surface area contributed by atoms with E-state index in [0.717, 1.165) is 30.4 Å². The van der Waals surface area contributed by atoms with Gasteiger partial charge in [0.25, 0.3) is 0 Å². The van der Waals surface area contributed by atoms with Gasteiger partial charge in [-0.3, -0.25) is 9.69 Å². The summed E-state index contributed by atoms with van der Waals surface area (Å²) in [4.78, 5) is 26.6. The number of hydrogen-bond acceptors (Lipinski definition) is 3. The molecule has 0 radical (unpaired) electrons. The average Bonchev–Trinajstić information content (AvgIpc) is 3.12. The summed E-state index contributed by atoms with van der Waals surface area (Å²) < 4.78 is 18.7. The lowest BCUT2D eigenvalue weighted by Gasteiger charge is -2.28. The summed E-state index contributed by atoms with van der Waals surface area (Å²) in [6.07, 6.45) is 2.47. The van der Waals surface area contributed by atoms with Crippen molar-refractivity contribution in [2.75, 3.05) is 6.54 Å². The van der Waals surface area contributed by atoms with Crippen LogP contribution in [0.25, 0.3) is 0 Å². The minimum atomic E-state index is -0.588. The van der Waals surface area contributed by atoms with E-state index in [4.69, 9.17) is 4.74 Å². The second-order valence-corrected chi connectivity index (χ2v) is 7.77. The number of amides is 2. The molecule has 1 aromatic carbocycles. The number of benzene rings is 1. The molecule has 5 nitrogen and oxygen atoms in total. The molecule has 0 bridgehead atoms. The number of halogens is 1. The standard InChI is InChI=1S/C19H25FN2O3/c1-19(2,3)25-18(24)22-10-4-5-16(22)17(23)21-15-9-6-12-11-13(20)7-8-14(12)15/h7-8,11,15-16H,4-6,9-10H2,1-3H3,(H,21,23). The minimum Gasteiger partial charge on any atom is -0.444 e. The number of ether oxygens (including phenoxy) is 1. The normalized spacial score (nSPS) is 22.6. The first-order valence-corrected chi connectivity index (χ1v) is 8.83. The molecule has 1 aliphatic heterocycles. The van der Waals surface area contributed by atoms with E-state index in [1.165, 1.54) is 17.0 Å². The van der Waals surface area contributed by atoms with Crippen molar-refractivity contribution in [3.8, 4) is 0 Å². The van der Waals surface area contributed by atoms with Gasteiger partial charge in [-0.1, -0.05) is 6.07 Å². The van der Waals surface area contributed by atoms with E-state index in [0.29, 0.717) is 13.0 Å². The summed E-state index contributed by atoms with van der Waals surface area (Å²) >= 11 is 0. The van der Waals surface area contributed by atoms with Crippen molar-refractivity contribution in [3.05, 3.63) is 35.1 Å². The number of nitrogens with zero attached hydrogens (tertiary/aromatic N) is 1. The molecule has 0 spiro atoms. The average molecular weight is 348 g/mol. The van der Waals surface area contributed by atoms with Gasteiger partial charge in [-0.2, -0.15) is 0 Å². The molecule has 2 atom stereocenters. The molecule has 0 saturated carbocycles. The molecular weight excluding hydrogens is 323 g/mol. The molecule has 2 unspecified atom stereocenters. The number of nitrogens with one attached hydrogen (secondary N) is 1. The lowest BCUT2D eigenvalue weighted by atomic mass is 10.1. The Morgan fingerprint density at radius 2 is 2.04 bits per heavy atom. The maximum atomic E-state index is 13.3. The van der Waals surface area contributed by atoms with Gasteiger partial charge >= 0.3 is 6.09 Å². The molecule has 25 heavy (non-hydrogen) atoms. The zero-order chi connectivity index (χ0) is 18.2. The highest BCUT2D eigenvalue weighted by Crippen LogP contribution is 2.32. The summed E-state index contributed by atoms with van der Waals surface area (Å²) in [5.41, 5.74) is 1.33. The molecule has 1 saturated heterocycles. The predicted octanol–water partition coefficient (Wildman–Crippen LogP) is 3.33. The van der Waals surface area contributed by atoms with Gasteiger partial charge in [0.15, 0.2) is 0 Å². The van der Waals surface area contributed by atoms with Crippen molar-refractivity contribution in [2.45, 2.75) is 64.1 Å². The third kappa shape index (κ3) is 3.94. The van der Waals surface area contributed by atoms with Crippen molar-refractivity contribution in [1.82, 2.24) is 10.2 Å². The van der Waals surface area contributed by atoms with E-state index >= 15 is 0 Å². The highest BCUT2D eigenvalue weighted by Gasteiger charge is 2.38. The Kier molecular flexibility index (Phi) is 4.71. The third-order valence-corrected chi connectivity index (χ3v) is 4.68. The van der Waals surface area contributed by atoms with Crippen LogP contribution in [0.15, 0.2) is 18.2 Å². The number of hydrogen-bond donors (Lipinski definition) is 1. The number of likely N-dealkylation sites (tertiary alicyclic amines) is 1. The van der Waals surface area contributed by atoms with E-state index in [9.17, 15) is 14.0 Å². The number of carbonyl (C=O) groups excluding carboxylic acids is 2. The van der Waals surface area contributed by atoms with Gasteiger partial charge in [-0.15, -0.1) is 0 Å². The fourth-order valence-electron chi connectivity index (χ4n) is 3.58. The van der Waals surface area contributed by atoms with Crippen LogP contribution in [0.5, 0.6) is 0 Å². The summed E-state index contributed by atoms with van der Waals surface area (Å²) in [6, 6.07) is 4.07. The Morgan fingerprint density at radius 3 is 2.76 bits per heavy atom. The Hall–Kier alpha value is -2.11. The fourth-order valence-corrected chi connectivity index (χ4v) is 3.58. The number of fused-ring (bicyclic) bond motifs is 1. The van der Waals surface area contributed by atoms with Gasteiger partial charge in [-0.05, 0) is 69.7 Å². The van der Waals surface area contributed by atoms with Crippen LogP contribution in [0.2, 0.25) is 0 Å². The van der Waals surface area contributed by atoms with Crippen LogP contribution < -0.4 is 5.32 Å². The van der Waals surface area contributed by atoms with Gasteiger partial charge in [-0.25, -0.2) is 9.18 Å². The predicted molar refractivity (Wildman–Crippen MR) is 91.6 cm³/mol. The van der Waals surface area contributed by atoms with Crippen LogP contribution in [0, 0.1) is 5.82 Å². The van der Waals surface area contributed by atoms with Crippen LogP contribution in [-0.4, -0.2) is 35.1 Å². The van der Waals surface area contributed by atoms with Gasteiger partial charge in [0.2, 0.25) is 5.91 Å². The van der Waals surface area contributed by atoms with E-state index in [1.54, 1.807) is 6.07 Å². The van der Waals surface area contributed by atoms with E-state index in [2.05, 4.69) is 5.32 Å². The highest BCUT2D eigenvalue weighted by atomic mass is 19.1. The quantitative estimate of drug-likeness (QED) is 0.892. The lowest BCUT2D eigenvalue weighted by molar-refractivity contribution is -0.126. The molecule has 1 heterocycles. The summed E-state index contributed by atoms with van der Waals surface area (Å²) in [5.74, 6) is -0.414. The molecule has 6 heteroatoms. The van der Waals surface area contributed by atoms with Crippen LogP contribution in [-0.2, 0) is 16.0 Å². The molecule has 1 aliphatic carbocycles. The summed E-state index contributed by atoms with van der Waals surface area (Å²) in [6.45, 7) is 5.96.